The van der Waals surface area contributed by atoms with Crippen LogP contribution in [0.3, 0.4) is 0 Å². The van der Waals surface area contributed by atoms with Crippen molar-refractivity contribution >= 4 is 35.1 Å². The normalized spacial score (nSPS) is 10.7. The van der Waals surface area contributed by atoms with E-state index in [1.54, 1.807) is 30.0 Å². The molecule has 0 unspecified atom stereocenters. The molecule has 30 heavy (non-hydrogen) atoms. The Morgan fingerprint density at radius 1 is 1.13 bits per heavy atom. The van der Waals surface area contributed by atoms with Crippen LogP contribution in [0, 0.1) is 12.7 Å². The van der Waals surface area contributed by atoms with Crippen LogP contribution in [0.1, 0.15) is 17.0 Å². The number of benzene rings is 2. The van der Waals surface area contributed by atoms with Crippen molar-refractivity contribution in [3.63, 3.8) is 0 Å². The third-order valence-electron chi connectivity index (χ3n) is 4.19. The van der Waals surface area contributed by atoms with E-state index in [1.165, 1.54) is 23.9 Å². The van der Waals surface area contributed by atoms with E-state index in [4.69, 9.17) is 0 Å². The number of thioether (sulfide) groups is 2. The van der Waals surface area contributed by atoms with Gasteiger partial charge in [-0.2, -0.15) is 0 Å². The fourth-order valence-electron chi connectivity index (χ4n) is 2.65. The third kappa shape index (κ3) is 6.47. The molecule has 0 saturated heterocycles. The molecule has 0 aliphatic carbocycles. The maximum atomic E-state index is 13.0. The Morgan fingerprint density at radius 2 is 1.87 bits per heavy atom. The number of rotatable bonds is 10. The lowest BCUT2D eigenvalue weighted by Crippen LogP contribution is -2.14. The number of aromatic nitrogens is 3. The smallest absolute Gasteiger partial charge is 0.234 e. The lowest BCUT2D eigenvalue weighted by atomic mass is 10.2. The molecule has 0 atom stereocenters. The third-order valence-corrected chi connectivity index (χ3v) is 6.15. The zero-order chi connectivity index (χ0) is 21.3. The molecule has 1 aromatic heterocycles. The second-order valence-electron chi connectivity index (χ2n) is 6.62. The molecule has 0 fully saturated rings. The molecular formula is C22H23FN4OS2. The van der Waals surface area contributed by atoms with Gasteiger partial charge in [0.2, 0.25) is 5.91 Å². The van der Waals surface area contributed by atoms with Gasteiger partial charge in [-0.15, -0.1) is 28.5 Å². The van der Waals surface area contributed by atoms with Crippen molar-refractivity contribution in [2.75, 3.05) is 11.1 Å². The first kappa shape index (κ1) is 22.1. The lowest BCUT2D eigenvalue weighted by Gasteiger charge is -2.08. The van der Waals surface area contributed by atoms with Crippen LogP contribution in [0.2, 0.25) is 0 Å². The molecule has 1 N–H and O–H groups in total. The number of nitrogens with one attached hydrogen (secondary N) is 1. The number of anilines is 1. The summed E-state index contributed by atoms with van der Waals surface area (Å²) in [7, 11) is 0. The van der Waals surface area contributed by atoms with E-state index < -0.39 is 0 Å². The van der Waals surface area contributed by atoms with Crippen LogP contribution < -0.4 is 5.32 Å². The molecular weight excluding hydrogens is 419 g/mol. The minimum Gasteiger partial charge on any atom is -0.325 e. The molecule has 8 heteroatoms. The second-order valence-corrected chi connectivity index (χ2v) is 8.55. The molecule has 1 amide bonds. The number of carbonyl (C=O) groups is 1. The second kappa shape index (κ2) is 11.0. The van der Waals surface area contributed by atoms with Gasteiger partial charge >= 0.3 is 0 Å². The molecule has 2 aromatic carbocycles. The molecule has 0 aliphatic rings. The maximum Gasteiger partial charge on any atom is 0.234 e. The van der Waals surface area contributed by atoms with Gasteiger partial charge in [0.25, 0.3) is 0 Å². The Bertz CT molecular complexity index is 987. The molecule has 0 bridgehead atoms. The first-order valence-electron chi connectivity index (χ1n) is 9.39. The van der Waals surface area contributed by atoms with Crippen molar-refractivity contribution in [1.29, 1.82) is 0 Å². The van der Waals surface area contributed by atoms with Gasteiger partial charge in [-0.1, -0.05) is 47.7 Å². The summed E-state index contributed by atoms with van der Waals surface area (Å²) in [6.45, 7) is 6.38. The Balaban J connectivity index is 1.55. The van der Waals surface area contributed by atoms with Crippen LogP contribution in [0.5, 0.6) is 0 Å². The molecule has 0 aliphatic heterocycles. The number of aryl methyl sites for hydroxylation is 1. The quantitative estimate of drug-likeness (QED) is 0.351. The first-order chi connectivity index (χ1) is 14.5. The van der Waals surface area contributed by atoms with Crippen LogP contribution in [0.15, 0.2) is 66.3 Å². The standard InChI is InChI=1S/C22H23FN4OS2/c1-3-12-27-20(14-29-13-17-6-8-18(23)9-7-17)25-26-22(27)30-15-21(28)24-19-10-4-16(2)5-11-19/h3-11H,1,12-15H2,2H3,(H,24,28). The highest BCUT2D eigenvalue weighted by atomic mass is 32.2. The van der Waals surface area contributed by atoms with Crippen LogP contribution in [-0.4, -0.2) is 26.4 Å². The highest BCUT2D eigenvalue weighted by molar-refractivity contribution is 7.99. The largest absolute Gasteiger partial charge is 0.325 e. The van der Waals surface area contributed by atoms with Gasteiger partial charge in [0.05, 0.1) is 11.5 Å². The predicted molar refractivity (Wildman–Crippen MR) is 122 cm³/mol. The van der Waals surface area contributed by atoms with Crippen molar-refractivity contribution in [2.24, 2.45) is 0 Å². The summed E-state index contributed by atoms with van der Waals surface area (Å²) in [6.07, 6.45) is 1.79. The molecule has 0 saturated carbocycles. The van der Waals surface area contributed by atoms with Gasteiger partial charge in [-0.25, -0.2) is 4.39 Å². The summed E-state index contributed by atoms with van der Waals surface area (Å²) in [5.41, 5.74) is 2.97. The Hall–Kier alpha value is -2.58. The van der Waals surface area contributed by atoms with Crippen molar-refractivity contribution in [3.8, 4) is 0 Å². The summed E-state index contributed by atoms with van der Waals surface area (Å²) >= 11 is 3.03. The van der Waals surface area contributed by atoms with Crippen LogP contribution >= 0.6 is 23.5 Å². The van der Waals surface area contributed by atoms with Gasteiger partial charge in [0.15, 0.2) is 5.16 Å². The number of halogens is 1. The number of amides is 1. The molecule has 0 spiro atoms. The van der Waals surface area contributed by atoms with E-state index in [9.17, 15) is 9.18 Å². The van der Waals surface area contributed by atoms with Crippen LogP contribution in [0.4, 0.5) is 10.1 Å². The van der Waals surface area contributed by atoms with Crippen LogP contribution in [-0.2, 0) is 22.8 Å². The number of allylic oxidation sites excluding steroid dienone is 1. The monoisotopic (exact) mass is 442 g/mol. The van der Waals surface area contributed by atoms with E-state index in [-0.39, 0.29) is 17.5 Å². The van der Waals surface area contributed by atoms with E-state index in [0.29, 0.717) is 17.5 Å². The number of nitrogens with zero attached hydrogens (tertiary/aromatic N) is 3. The van der Waals surface area contributed by atoms with Crippen LogP contribution in [0.25, 0.3) is 0 Å². The minimum atomic E-state index is -0.234. The fraction of sp³-hybridized carbons (Fsp3) is 0.227. The molecule has 156 valence electrons. The zero-order valence-electron chi connectivity index (χ0n) is 16.7. The van der Waals surface area contributed by atoms with Crippen molar-refractivity contribution in [1.82, 2.24) is 14.8 Å². The number of carbonyl (C=O) groups excluding carboxylic acids is 1. The highest BCUT2D eigenvalue weighted by Crippen LogP contribution is 2.22. The van der Waals surface area contributed by atoms with E-state index in [2.05, 4.69) is 22.1 Å². The van der Waals surface area contributed by atoms with Crippen molar-refractivity contribution in [2.45, 2.75) is 30.1 Å². The summed E-state index contributed by atoms with van der Waals surface area (Å²) in [5, 5.41) is 12.1. The molecule has 1 heterocycles. The maximum absolute atomic E-state index is 13.0. The summed E-state index contributed by atoms with van der Waals surface area (Å²) < 4.78 is 15.0. The van der Waals surface area contributed by atoms with Gasteiger partial charge in [-0.05, 0) is 36.8 Å². The lowest BCUT2D eigenvalue weighted by molar-refractivity contribution is -0.113. The van der Waals surface area contributed by atoms with Gasteiger partial charge in [-0.3, -0.25) is 4.79 Å². The average Bonchev–Trinajstić information content (AvgIpc) is 3.12. The molecule has 0 radical (unpaired) electrons. The summed E-state index contributed by atoms with van der Waals surface area (Å²) in [6, 6.07) is 14.2. The Kier molecular flexibility index (Phi) is 8.10. The number of hydrogen-bond donors (Lipinski definition) is 1. The van der Waals surface area contributed by atoms with Gasteiger partial charge in [0, 0.05) is 18.0 Å². The van der Waals surface area contributed by atoms with Crippen molar-refractivity contribution < 1.29 is 9.18 Å². The van der Waals surface area contributed by atoms with E-state index in [0.717, 1.165) is 28.4 Å². The fourth-order valence-corrected chi connectivity index (χ4v) is 4.34. The minimum absolute atomic E-state index is 0.0933. The first-order valence-corrected chi connectivity index (χ1v) is 11.5. The predicted octanol–water partition coefficient (Wildman–Crippen LogP) is 5.08. The van der Waals surface area contributed by atoms with Gasteiger partial charge < -0.3 is 9.88 Å². The van der Waals surface area contributed by atoms with Gasteiger partial charge in [0.1, 0.15) is 11.6 Å². The average molecular weight is 443 g/mol. The summed E-state index contributed by atoms with van der Waals surface area (Å²) in [4.78, 5) is 12.3. The van der Waals surface area contributed by atoms with Crippen molar-refractivity contribution in [3.05, 3.63) is 84.0 Å². The Morgan fingerprint density at radius 3 is 2.57 bits per heavy atom. The topological polar surface area (TPSA) is 59.8 Å². The van der Waals surface area contributed by atoms with E-state index >= 15 is 0 Å². The molecule has 3 rings (SSSR count). The summed E-state index contributed by atoms with van der Waals surface area (Å²) in [5.74, 6) is 2.15. The zero-order valence-corrected chi connectivity index (χ0v) is 18.3. The highest BCUT2D eigenvalue weighted by Gasteiger charge is 2.14. The molecule has 5 nitrogen and oxygen atoms in total. The SMILES string of the molecule is C=CCn1c(CSCc2ccc(F)cc2)nnc1SCC(=O)Nc1ccc(C)cc1. The Labute approximate surface area is 184 Å². The number of hydrogen-bond acceptors (Lipinski definition) is 5. The molecule has 3 aromatic rings. The van der Waals surface area contributed by atoms with E-state index in [1.807, 2.05) is 35.8 Å².